The molecule has 3 aromatic rings. The number of nitrogens with zero attached hydrogens (tertiary/aromatic N) is 2. The summed E-state index contributed by atoms with van der Waals surface area (Å²) in [6.45, 7) is 1.27. The van der Waals surface area contributed by atoms with Crippen molar-refractivity contribution in [3.05, 3.63) is 72.4 Å². The van der Waals surface area contributed by atoms with E-state index in [1.54, 1.807) is 6.20 Å². The van der Waals surface area contributed by atoms with Gasteiger partial charge in [-0.1, -0.05) is 36.4 Å². The Bertz CT molecular complexity index is 977. The summed E-state index contributed by atoms with van der Waals surface area (Å²) in [5.41, 5.74) is 2.16. The Morgan fingerprint density at radius 3 is 2.46 bits per heavy atom. The largest absolute Gasteiger partial charge is 0.338 e. The van der Waals surface area contributed by atoms with Crippen LogP contribution < -0.4 is 10.6 Å². The Morgan fingerprint density at radius 2 is 1.68 bits per heavy atom. The first-order valence-corrected chi connectivity index (χ1v) is 9.46. The Kier molecular flexibility index (Phi) is 5.19. The van der Waals surface area contributed by atoms with Crippen LogP contribution in [0.3, 0.4) is 0 Å². The van der Waals surface area contributed by atoms with Gasteiger partial charge in [-0.25, -0.2) is 4.79 Å². The van der Waals surface area contributed by atoms with Crippen LogP contribution in [0, 0.1) is 0 Å². The van der Waals surface area contributed by atoms with Crippen molar-refractivity contribution in [1.29, 1.82) is 0 Å². The summed E-state index contributed by atoms with van der Waals surface area (Å²) in [5.74, 6) is 0.0466. The van der Waals surface area contributed by atoms with Gasteiger partial charge in [0, 0.05) is 36.3 Å². The molecule has 2 aromatic carbocycles. The van der Waals surface area contributed by atoms with Crippen LogP contribution in [0.5, 0.6) is 0 Å². The molecule has 0 atom stereocenters. The number of piperidine rings is 1. The first kappa shape index (κ1) is 18.0. The number of anilines is 1. The average molecular weight is 374 g/mol. The van der Waals surface area contributed by atoms with Crippen molar-refractivity contribution in [3.8, 4) is 0 Å². The first-order valence-electron chi connectivity index (χ1n) is 9.46. The normalized spacial score (nSPS) is 14.6. The number of pyridine rings is 1. The fourth-order valence-corrected chi connectivity index (χ4v) is 3.54. The summed E-state index contributed by atoms with van der Waals surface area (Å²) in [7, 11) is 0. The molecule has 2 N–H and O–H groups in total. The molecule has 1 aliphatic heterocycles. The molecule has 0 unspecified atom stereocenters. The van der Waals surface area contributed by atoms with Gasteiger partial charge in [0.1, 0.15) is 0 Å². The standard InChI is InChI=1S/C22H22N4O2/c27-21(17-6-2-1-3-7-17)26-14-11-18(12-15-26)24-22(28)25-19-10-4-8-16-9-5-13-23-20(16)19/h1-10,13,18H,11-12,14-15H2,(H2,24,25,28). The Hall–Kier alpha value is -3.41. The van der Waals surface area contributed by atoms with Crippen molar-refractivity contribution in [3.63, 3.8) is 0 Å². The third-order valence-electron chi connectivity index (χ3n) is 5.02. The number of carbonyl (C=O) groups excluding carboxylic acids is 2. The van der Waals surface area contributed by atoms with E-state index in [9.17, 15) is 9.59 Å². The van der Waals surface area contributed by atoms with Gasteiger partial charge in [-0.15, -0.1) is 0 Å². The molecule has 1 fully saturated rings. The fourth-order valence-electron chi connectivity index (χ4n) is 3.54. The molecular formula is C22H22N4O2. The van der Waals surface area contributed by atoms with Crippen LogP contribution >= 0.6 is 0 Å². The van der Waals surface area contributed by atoms with E-state index in [-0.39, 0.29) is 18.0 Å². The number of aromatic nitrogens is 1. The number of hydrogen-bond donors (Lipinski definition) is 2. The molecule has 28 heavy (non-hydrogen) atoms. The maximum Gasteiger partial charge on any atom is 0.319 e. The average Bonchev–Trinajstić information content (AvgIpc) is 2.75. The summed E-state index contributed by atoms with van der Waals surface area (Å²) in [4.78, 5) is 31.1. The maximum absolute atomic E-state index is 12.5. The first-order chi connectivity index (χ1) is 13.7. The Balaban J connectivity index is 1.32. The molecule has 2 heterocycles. The summed E-state index contributed by atoms with van der Waals surface area (Å²) >= 11 is 0. The van der Waals surface area contributed by atoms with Gasteiger partial charge in [-0.3, -0.25) is 9.78 Å². The number of rotatable bonds is 3. The molecule has 6 heteroatoms. The van der Waals surface area contributed by atoms with Crippen LogP contribution in [0.4, 0.5) is 10.5 Å². The van der Waals surface area contributed by atoms with Gasteiger partial charge in [0.2, 0.25) is 0 Å². The Morgan fingerprint density at radius 1 is 0.929 bits per heavy atom. The van der Waals surface area contributed by atoms with Gasteiger partial charge in [0.25, 0.3) is 5.91 Å². The van der Waals surface area contributed by atoms with Gasteiger partial charge in [0.15, 0.2) is 0 Å². The molecule has 0 radical (unpaired) electrons. The second-order valence-electron chi connectivity index (χ2n) is 6.91. The van der Waals surface area contributed by atoms with Gasteiger partial charge >= 0.3 is 6.03 Å². The molecule has 1 saturated heterocycles. The lowest BCUT2D eigenvalue weighted by Gasteiger charge is -2.32. The lowest BCUT2D eigenvalue weighted by atomic mass is 10.0. The Labute approximate surface area is 163 Å². The number of amides is 3. The SMILES string of the molecule is O=C(Nc1cccc2cccnc12)NC1CCN(C(=O)c2ccccc2)CC1. The number of carbonyl (C=O) groups is 2. The summed E-state index contributed by atoms with van der Waals surface area (Å²) in [6.07, 6.45) is 3.18. The van der Waals surface area contributed by atoms with Gasteiger partial charge in [0.05, 0.1) is 11.2 Å². The monoisotopic (exact) mass is 374 g/mol. The topological polar surface area (TPSA) is 74.3 Å². The lowest BCUT2D eigenvalue weighted by Crippen LogP contribution is -2.47. The van der Waals surface area contributed by atoms with Crippen molar-refractivity contribution in [2.24, 2.45) is 0 Å². The van der Waals surface area contributed by atoms with Crippen molar-refractivity contribution in [1.82, 2.24) is 15.2 Å². The van der Waals surface area contributed by atoms with Crippen molar-refractivity contribution < 1.29 is 9.59 Å². The minimum absolute atomic E-state index is 0.0442. The third-order valence-corrected chi connectivity index (χ3v) is 5.02. The summed E-state index contributed by atoms with van der Waals surface area (Å²) in [5, 5.41) is 6.89. The predicted molar refractivity (Wildman–Crippen MR) is 109 cm³/mol. The molecule has 142 valence electrons. The fraction of sp³-hybridized carbons (Fsp3) is 0.227. The van der Waals surface area contributed by atoms with E-state index in [0.29, 0.717) is 24.3 Å². The quantitative estimate of drug-likeness (QED) is 0.735. The van der Waals surface area contributed by atoms with Crippen LogP contribution in [0.1, 0.15) is 23.2 Å². The zero-order valence-corrected chi connectivity index (χ0v) is 15.5. The second kappa shape index (κ2) is 8.08. The number of hydrogen-bond acceptors (Lipinski definition) is 3. The highest BCUT2D eigenvalue weighted by atomic mass is 16.2. The molecule has 0 bridgehead atoms. The molecular weight excluding hydrogens is 352 g/mol. The smallest absolute Gasteiger partial charge is 0.319 e. The highest BCUT2D eigenvalue weighted by Gasteiger charge is 2.24. The summed E-state index contributed by atoms with van der Waals surface area (Å²) in [6, 6.07) is 18.6. The third kappa shape index (κ3) is 3.96. The molecule has 1 aromatic heterocycles. The van der Waals surface area contributed by atoms with Crippen LogP contribution in [0.15, 0.2) is 66.9 Å². The van der Waals surface area contributed by atoms with Crippen LogP contribution in [-0.2, 0) is 0 Å². The molecule has 6 nitrogen and oxygen atoms in total. The van der Waals surface area contributed by atoms with E-state index in [1.807, 2.05) is 65.6 Å². The number of benzene rings is 2. The minimum atomic E-state index is -0.244. The van der Waals surface area contributed by atoms with E-state index in [4.69, 9.17) is 0 Å². The zero-order valence-electron chi connectivity index (χ0n) is 15.5. The molecule has 3 amide bonds. The van der Waals surface area contributed by atoms with Gasteiger partial charge < -0.3 is 15.5 Å². The van der Waals surface area contributed by atoms with Crippen molar-refractivity contribution in [2.75, 3.05) is 18.4 Å². The van der Waals surface area contributed by atoms with Gasteiger partial charge in [-0.2, -0.15) is 0 Å². The van der Waals surface area contributed by atoms with Crippen LogP contribution in [0.25, 0.3) is 10.9 Å². The number of para-hydroxylation sites is 1. The zero-order chi connectivity index (χ0) is 19.3. The minimum Gasteiger partial charge on any atom is -0.338 e. The lowest BCUT2D eigenvalue weighted by molar-refractivity contribution is 0.0709. The van der Waals surface area contributed by atoms with Crippen molar-refractivity contribution in [2.45, 2.75) is 18.9 Å². The van der Waals surface area contributed by atoms with Crippen molar-refractivity contribution >= 4 is 28.5 Å². The highest BCUT2D eigenvalue weighted by Crippen LogP contribution is 2.21. The molecule has 0 aliphatic carbocycles. The highest BCUT2D eigenvalue weighted by molar-refractivity contribution is 5.99. The van der Waals surface area contributed by atoms with E-state index >= 15 is 0 Å². The molecule has 4 rings (SSSR count). The van der Waals surface area contributed by atoms with Crippen LogP contribution in [0.2, 0.25) is 0 Å². The van der Waals surface area contributed by atoms with E-state index in [2.05, 4.69) is 15.6 Å². The molecule has 1 aliphatic rings. The van der Waals surface area contributed by atoms with E-state index in [0.717, 1.165) is 23.7 Å². The van der Waals surface area contributed by atoms with E-state index in [1.165, 1.54) is 0 Å². The van der Waals surface area contributed by atoms with Crippen LogP contribution in [-0.4, -0.2) is 41.0 Å². The van der Waals surface area contributed by atoms with Gasteiger partial charge in [-0.05, 0) is 37.1 Å². The number of urea groups is 1. The number of fused-ring (bicyclic) bond motifs is 1. The van der Waals surface area contributed by atoms with E-state index < -0.39 is 0 Å². The molecule has 0 spiro atoms. The number of likely N-dealkylation sites (tertiary alicyclic amines) is 1. The predicted octanol–water partition coefficient (Wildman–Crippen LogP) is 3.66. The second-order valence-corrected chi connectivity index (χ2v) is 6.91. The summed E-state index contributed by atoms with van der Waals surface area (Å²) < 4.78 is 0. The number of nitrogens with one attached hydrogen (secondary N) is 2. The maximum atomic E-state index is 12.5. The molecule has 0 saturated carbocycles.